The van der Waals surface area contributed by atoms with Crippen molar-refractivity contribution >= 4 is 18.3 Å². The van der Waals surface area contributed by atoms with Crippen molar-refractivity contribution in [3.8, 4) is 0 Å². The monoisotopic (exact) mass is 218 g/mol. The Morgan fingerprint density at radius 2 is 2.21 bits per heavy atom. The Hall–Kier alpha value is -0.280. The fraction of sp³-hybridized carbons (Fsp3) is 0.900. The standard InChI is InChI=1S/C10H18N2O.ClH/c1-10(6-9(13)12-7-10)8-4-2-3-5-11-8;/h8,11H,2-7H2,1H3,(H,12,13);1H. The summed E-state index contributed by atoms with van der Waals surface area (Å²) in [5.41, 5.74) is 0.164. The van der Waals surface area contributed by atoms with Crippen LogP contribution in [0.2, 0.25) is 0 Å². The van der Waals surface area contributed by atoms with Crippen molar-refractivity contribution in [2.24, 2.45) is 5.41 Å². The number of nitrogens with one attached hydrogen (secondary N) is 2. The van der Waals surface area contributed by atoms with Crippen molar-refractivity contribution in [2.45, 2.75) is 38.6 Å². The van der Waals surface area contributed by atoms with Crippen LogP contribution >= 0.6 is 12.4 Å². The first-order chi connectivity index (χ1) is 6.21. The molecule has 2 atom stereocenters. The molecule has 2 aliphatic heterocycles. The van der Waals surface area contributed by atoms with Gasteiger partial charge in [-0.25, -0.2) is 0 Å². The SMILES string of the molecule is CC1(C2CCCCN2)CNC(=O)C1.Cl. The zero-order valence-electron chi connectivity index (χ0n) is 8.64. The number of piperidine rings is 1. The molecule has 2 N–H and O–H groups in total. The van der Waals surface area contributed by atoms with Crippen LogP contribution in [0.15, 0.2) is 0 Å². The molecule has 2 heterocycles. The third-order valence-corrected chi connectivity index (χ3v) is 3.41. The first-order valence-electron chi connectivity index (χ1n) is 5.21. The molecule has 0 aromatic rings. The molecular formula is C10H19ClN2O. The van der Waals surface area contributed by atoms with Gasteiger partial charge in [-0.1, -0.05) is 13.3 Å². The van der Waals surface area contributed by atoms with Crippen molar-refractivity contribution in [3.63, 3.8) is 0 Å². The van der Waals surface area contributed by atoms with Gasteiger partial charge in [-0.05, 0) is 19.4 Å². The van der Waals surface area contributed by atoms with Crippen LogP contribution in [0, 0.1) is 5.41 Å². The Kier molecular flexibility index (Phi) is 3.78. The number of carbonyl (C=O) groups is 1. The normalized spacial score (nSPS) is 37.5. The molecule has 1 amide bonds. The quantitative estimate of drug-likeness (QED) is 0.692. The van der Waals surface area contributed by atoms with Gasteiger partial charge in [0.05, 0.1) is 0 Å². The molecule has 3 nitrogen and oxygen atoms in total. The van der Waals surface area contributed by atoms with E-state index in [4.69, 9.17) is 0 Å². The zero-order valence-corrected chi connectivity index (χ0v) is 9.45. The lowest BCUT2D eigenvalue weighted by molar-refractivity contribution is -0.119. The van der Waals surface area contributed by atoms with Crippen molar-refractivity contribution in [1.82, 2.24) is 10.6 Å². The fourth-order valence-corrected chi connectivity index (χ4v) is 2.49. The fourth-order valence-electron chi connectivity index (χ4n) is 2.49. The molecule has 4 heteroatoms. The predicted octanol–water partition coefficient (Wildman–Crippen LogP) is 1.08. The Morgan fingerprint density at radius 3 is 2.71 bits per heavy atom. The lowest BCUT2D eigenvalue weighted by Gasteiger charge is -2.36. The van der Waals surface area contributed by atoms with Crippen molar-refractivity contribution in [3.05, 3.63) is 0 Å². The number of hydrogen-bond donors (Lipinski definition) is 2. The smallest absolute Gasteiger partial charge is 0.220 e. The maximum absolute atomic E-state index is 11.2. The van der Waals surface area contributed by atoms with E-state index in [0.717, 1.165) is 13.1 Å². The van der Waals surface area contributed by atoms with Gasteiger partial charge >= 0.3 is 0 Å². The molecule has 0 aliphatic carbocycles. The van der Waals surface area contributed by atoms with Crippen LogP contribution in [0.5, 0.6) is 0 Å². The molecular weight excluding hydrogens is 200 g/mol. The first kappa shape index (κ1) is 11.8. The van der Waals surface area contributed by atoms with Crippen LogP contribution < -0.4 is 10.6 Å². The Morgan fingerprint density at radius 1 is 1.43 bits per heavy atom. The van der Waals surface area contributed by atoms with Crippen LogP contribution in [0.3, 0.4) is 0 Å². The van der Waals surface area contributed by atoms with E-state index in [2.05, 4.69) is 17.6 Å². The second-order valence-electron chi connectivity index (χ2n) is 4.61. The van der Waals surface area contributed by atoms with E-state index in [1.165, 1.54) is 19.3 Å². The molecule has 2 fully saturated rings. The summed E-state index contributed by atoms with van der Waals surface area (Å²) in [6.45, 7) is 4.19. The van der Waals surface area contributed by atoms with Crippen LogP contribution in [-0.2, 0) is 4.79 Å². The highest BCUT2D eigenvalue weighted by atomic mass is 35.5. The Labute approximate surface area is 91.4 Å². The lowest BCUT2D eigenvalue weighted by atomic mass is 9.77. The first-order valence-corrected chi connectivity index (χ1v) is 5.21. The van der Waals surface area contributed by atoms with Crippen LogP contribution in [-0.4, -0.2) is 25.0 Å². The van der Waals surface area contributed by atoms with Gasteiger partial charge in [0, 0.05) is 24.4 Å². The highest BCUT2D eigenvalue weighted by Gasteiger charge is 2.40. The van der Waals surface area contributed by atoms with E-state index in [1.54, 1.807) is 0 Å². The molecule has 82 valence electrons. The number of carbonyl (C=O) groups excluding carboxylic acids is 1. The van der Waals surface area contributed by atoms with Gasteiger partial charge in [0.15, 0.2) is 0 Å². The van der Waals surface area contributed by atoms with Crippen molar-refractivity contribution in [1.29, 1.82) is 0 Å². The highest BCUT2D eigenvalue weighted by Crippen LogP contribution is 2.33. The summed E-state index contributed by atoms with van der Waals surface area (Å²) in [5, 5.41) is 6.46. The predicted molar refractivity (Wildman–Crippen MR) is 58.6 cm³/mol. The summed E-state index contributed by atoms with van der Waals surface area (Å²) >= 11 is 0. The van der Waals surface area contributed by atoms with Gasteiger partial charge in [0.25, 0.3) is 0 Å². The van der Waals surface area contributed by atoms with Gasteiger partial charge in [0.1, 0.15) is 0 Å². The van der Waals surface area contributed by atoms with E-state index in [1.807, 2.05) is 0 Å². The maximum Gasteiger partial charge on any atom is 0.220 e. The molecule has 0 radical (unpaired) electrons. The van der Waals surface area contributed by atoms with Gasteiger partial charge in [0.2, 0.25) is 5.91 Å². The van der Waals surface area contributed by atoms with Crippen molar-refractivity contribution in [2.75, 3.05) is 13.1 Å². The molecule has 2 unspecified atom stereocenters. The molecule has 2 saturated heterocycles. The average Bonchev–Trinajstić information content (AvgIpc) is 2.49. The molecule has 0 saturated carbocycles. The van der Waals surface area contributed by atoms with E-state index < -0.39 is 0 Å². The molecule has 2 aliphatic rings. The third kappa shape index (κ3) is 2.20. The number of rotatable bonds is 1. The molecule has 0 aromatic heterocycles. The largest absolute Gasteiger partial charge is 0.355 e. The Bertz CT molecular complexity index is 216. The summed E-state index contributed by atoms with van der Waals surface area (Å²) in [7, 11) is 0. The van der Waals surface area contributed by atoms with Crippen LogP contribution in [0.4, 0.5) is 0 Å². The summed E-state index contributed by atoms with van der Waals surface area (Å²) < 4.78 is 0. The molecule has 14 heavy (non-hydrogen) atoms. The van der Waals surface area contributed by atoms with E-state index in [-0.39, 0.29) is 23.7 Å². The third-order valence-electron chi connectivity index (χ3n) is 3.41. The van der Waals surface area contributed by atoms with E-state index in [0.29, 0.717) is 12.5 Å². The lowest BCUT2D eigenvalue weighted by Crippen LogP contribution is -2.47. The average molecular weight is 219 g/mol. The summed E-state index contributed by atoms with van der Waals surface area (Å²) in [6, 6.07) is 0.542. The topological polar surface area (TPSA) is 41.1 Å². The van der Waals surface area contributed by atoms with Gasteiger partial charge in [-0.3, -0.25) is 4.79 Å². The summed E-state index contributed by atoms with van der Waals surface area (Å²) in [6.07, 6.45) is 4.52. The Balaban J connectivity index is 0.000000980. The molecule has 0 aromatic carbocycles. The summed E-state index contributed by atoms with van der Waals surface area (Å²) in [5.74, 6) is 0.217. The maximum atomic E-state index is 11.2. The van der Waals surface area contributed by atoms with Gasteiger partial charge in [-0.15, -0.1) is 12.4 Å². The number of amides is 1. The zero-order chi connectivity index (χ0) is 9.31. The minimum Gasteiger partial charge on any atom is -0.355 e. The minimum atomic E-state index is 0. The van der Waals surface area contributed by atoms with Gasteiger partial charge < -0.3 is 10.6 Å². The molecule has 0 bridgehead atoms. The highest BCUT2D eigenvalue weighted by molar-refractivity contribution is 5.85. The molecule has 0 spiro atoms. The summed E-state index contributed by atoms with van der Waals surface area (Å²) in [4.78, 5) is 11.2. The van der Waals surface area contributed by atoms with Crippen LogP contribution in [0.1, 0.15) is 32.6 Å². The second kappa shape index (κ2) is 4.49. The number of halogens is 1. The van der Waals surface area contributed by atoms with Gasteiger partial charge in [-0.2, -0.15) is 0 Å². The van der Waals surface area contributed by atoms with Crippen molar-refractivity contribution < 1.29 is 4.79 Å². The molecule has 2 rings (SSSR count). The minimum absolute atomic E-state index is 0. The van der Waals surface area contributed by atoms with Crippen LogP contribution in [0.25, 0.3) is 0 Å². The second-order valence-corrected chi connectivity index (χ2v) is 4.61. The van der Waals surface area contributed by atoms with E-state index >= 15 is 0 Å². The number of hydrogen-bond acceptors (Lipinski definition) is 2. The van der Waals surface area contributed by atoms with E-state index in [9.17, 15) is 4.79 Å².